The summed E-state index contributed by atoms with van der Waals surface area (Å²) >= 11 is 0. The highest BCUT2D eigenvalue weighted by Gasteiger charge is 2.46. The van der Waals surface area contributed by atoms with Crippen LogP contribution in [0.3, 0.4) is 0 Å². The van der Waals surface area contributed by atoms with Gasteiger partial charge in [0.15, 0.2) is 5.69 Å². The fraction of sp³-hybridized carbons (Fsp3) is 0.643. The molecule has 3 heterocycles. The third-order valence-electron chi connectivity index (χ3n) is 9.10. The zero-order chi connectivity index (χ0) is 25.5. The van der Waals surface area contributed by atoms with E-state index in [0.29, 0.717) is 24.8 Å². The number of piperidine rings is 1. The van der Waals surface area contributed by atoms with Crippen LogP contribution in [0.2, 0.25) is 0 Å². The molecule has 2 aliphatic carbocycles. The molecule has 4 atom stereocenters. The summed E-state index contributed by atoms with van der Waals surface area (Å²) < 4.78 is 7.82. The SMILES string of the molecule is CON=C(C(=O)O)c1nc2ccccc2n(C2CC3COCC(C2)N3C2CC3CCCCC(C3)C2)c1=O. The van der Waals surface area contributed by atoms with Crippen LogP contribution in [-0.2, 0) is 14.4 Å². The molecule has 9 nitrogen and oxygen atoms in total. The Bertz CT molecular complexity index is 1230. The molecule has 2 saturated carbocycles. The Morgan fingerprint density at radius 3 is 2.32 bits per heavy atom. The standard InChI is InChI=1S/C28H36N4O5/c1-36-30-26(28(34)35)25-27(33)32(24-9-5-4-8-23(24)29-25)20-13-21-15-37-16-22(14-20)31(21)19-11-17-6-2-3-7-18(10-17)12-19/h4-5,8-9,17-22H,2-3,6-7,10-16H2,1H3,(H,34,35). The number of para-hydroxylation sites is 2. The number of carboxylic acids is 1. The second-order valence-electron chi connectivity index (χ2n) is 11.3. The van der Waals surface area contributed by atoms with Crippen molar-refractivity contribution in [1.82, 2.24) is 14.5 Å². The van der Waals surface area contributed by atoms with Crippen LogP contribution in [0.4, 0.5) is 0 Å². The first-order valence-corrected chi connectivity index (χ1v) is 13.7. The van der Waals surface area contributed by atoms with Crippen molar-refractivity contribution in [3.8, 4) is 0 Å². The van der Waals surface area contributed by atoms with Crippen molar-refractivity contribution in [1.29, 1.82) is 0 Å². The average molecular weight is 509 g/mol. The van der Waals surface area contributed by atoms with Crippen LogP contribution in [0.15, 0.2) is 34.2 Å². The number of hydrogen-bond acceptors (Lipinski definition) is 7. The molecule has 1 aromatic heterocycles. The fourth-order valence-electron chi connectivity index (χ4n) is 7.78. The molecular formula is C28H36N4O5. The van der Waals surface area contributed by atoms with Crippen molar-refractivity contribution in [2.24, 2.45) is 17.0 Å². The van der Waals surface area contributed by atoms with Gasteiger partial charge in [-0.2, -0.15) is 0 Å². The van der Waals surface area contributed by atoms with Crippen LogP contribution in [0, 0.1) is 11.8 Å². The van der Waals surface area contributed by atoms with Gasteiger partial charge in [0, 0.05) is 24.2 Å². The number of carboxylic acid groups (broad SMARTS) is 1. The van der Waals surface area contributed by atoms with Gasteiger partial charge in [0.1, 0.15) is 7.11 Å². The molecule has 37 heavy (non-hydrogen) atoms. The molecule has 198 valence electrons. The van der Waals surface area contributed by atoms with E-state index in [1.54, 1.807) is 4.57 Å². The molecule has 9 heteroatoms. The van der Waals surface area contributed by atoms with Gasteiger partial charge < -0.3 is 19.2 Å². The van der Waals surface area contributed by atoms with Gasteiger partial charge in [-0.05, 0) is 56.1 Å². The van der Waals surface area contributed by atoms with Crippen molar-refractivity contribution >= 4 is 22.7 Å². The Labute approximate surface area is 216 Å². The summed E-state index contributed by atoms with van der Waals surface area (Å²) in [5.41, 5.74) is 0.200. The van der Waals surface area contributed by atoms with Crippen LogP contribution in [0.25, 0.3) is 11.0 Å². The maximum absolute atomic E-state index is 13.8. The lowest BCUT2D eigenvalue weighted by molar-refractivity contribution is -0.129. The molecule has 4 fully saturated rings. The molecule has 6 rings (SSSR count). The smallest absolute Gasteiger partial charge is 0.360 e. The molecule has 2 aromatic rings. The predicted octanol–water partition coefficient (Wildman–Crippen LogP) is 3.59. The number of rotatable bonds is 5. The molecule has 4 aliphatic rings. The minimum absolute atomic E-state index is 0.0715. The lowest BCUT2D eigenvalue weighted by Crippen LogP contribution is -2.62. The number of aromatic nitrogens is 2. The number of ether oxygens (including phenoxy) is 1. The third kappa shape index (κ3) is 4.56. The molecule has 4 bridgehead atoms. The van der Waals surface area contributed by atoms with E-state index in [-0.39, 0.29) is 23.8 Å². The second-order valence-corrected chi connectivity index (χ2v) is 11.3. The first kappa shape index (κ1) is 24.6. The van der Waals surface area contributed by atoms with Crippen molar-refractivity contribution in [2.45, 2.75) is 82.0 Å². The van der Waals surface area contributed by atoms with Gasteiger partial charge in [-0.1, -0.05) is 43.0 Å². The average Bonchev–Trinajstić information content (AvgIpc) is 3.05. The normalized spacial score (nSPS) is 32.6. The Kier molecular flexibility index (Phi) is 6.75. The molecule has 4 unspecified atom stereocenters. The van der Waals surface area contributed by atoms with Gasteiger partial charge in [0.2, 0.25) is 5.71 Å². The highest BCUT2D eigenvalue weighted by Crippen LogP contribution is 2.44. The van der Waals surface area contributed by atoms with Crippen LogP contribution < -0.4 is 5.56 Å². The predicted molar refractivity (Wildman–Crippen MR) is 139 cm³/mol. The highest BCUT2D eigenvalue weighted by molar-refractivity contribution is 6.41. The van der Waals surface area contributed by atoms with E-state index in [1.807, 2.05) is 24.3 Å². The monoisotopic (exact) mass is 508 g/mol. The minimum atomic E-state index is -1.34. The molecule has 1 aromatic carbocycles. The zero-order valence-corrected chi connectivity index (χ0v) is 21.4. The summed E-state index contributed by atoms with van der Waals surface area (Å²) in [6, 6.07) is 8.45. The number of benzene rings is 1. The van der Waals surface area contributed by atoms with Gasteiger partial charge in [-0.25, -0.2) is 9.78 Å². The number of hydrogen-bond donors (Lipinski definition) is 1. The summed E-state index contributed by atoms with van der Waals surface area (Å²) in [5, 5.41) is 13.4. The Morgan fingerprint density at radius 1 is 1.00 bits per heavy atom. The molecule has 2 aliphatic heterocycles. The molecule has 0 spiro atoms. The number of morpholine rings is 1. The first-order chi connectivity index (χ1) is 18.0. The summed E-state index contributed by atoms with van der Waals surface area (Å²) in [4.78, 5) is 37.7. The number of nitrogens with zero attached hydrogens (tertiary/aromatic N) is 4. The Morgan fingerprint density at radius 2 is 1.68 bits per heavy atom. The van der Waals surface area contributed by atoms with E-state index in [9.17, 15) is 14.7 Å². The second kappa shape index (κ2) is 10.2. The van der Waals surface area contributed by atoms with E-state index < -0.39 is 17.2 Å². The summed E-state index contributed by atoms with van der Waals surface area (Å²) in [7, 11) is 1.26. The first-order valence-electron chi connectivity index (χ1n) is 13.7. The lowest BCUT2D eigenvalue weighted by Gasteiger charge is -2.54. The Balaban J connectivity index is 1.36. The molecular weight excluding hydrogens is 472 g/mol. The van der Waals surface area contributed by atoms with Crippen LogP contribution >= 0.6 is 0 Å². The van der Waals surface area contributed by atoms with E-state index in [1.165, 1.54) is 52.1 Å². The van der Waals surface area contributed by atoms with E-state index in [2.05, 4.69) is 15.0 Å². The van der Waals surface area contributed by atoms with E-state index >= 15 is 0 Å². The van der Waals surface area contributed by atoms with Crippen molar-refractivity contribution < 1.29 is 19.5 Å². The van der Waals surface area contributed by atoms with Gasteiger partial charge in [-0.15, -0.1) is 0 Å². The van der Waals surface area contributed by atoms with Gasteiger partial charge in [0.25, 0.3) is 5.56 Å². The fourth-order valence-corrected chi connectivity index (χ4v) is 7.78. The minimum Gasteiger partial charge on any atom is -0.476 e. The van der Waals surface area contributed by atoms with Crippen molar-refractivity contribution in [3.63, 3.8) is 0 Å². The number of carbonyl (C=O) groups is 1. The van der Waals surface area contributed by atoms with Crippen molar-refractivity contribution in [3.05, 3.63) is 40.3 Å². The maximum atomic E-state index is 13.8. The lowest BCUT2D eigenvalue weighted by atomic mass is 9.75. The molecule has 1 N–H and O–H groups in total. The van der Waals surface area contributed by atoms with Gasteiger partial charge >= 0.3 is 5.97 Å². The van der Waals surface area contributed by atoms with Crippen LogP contribution in [-0.4, -0.2) is 69.7 Å². The van der Waals surface area contributed by atoms with Gasteiger partial charge in [-0.3, -0.25) is 9.69 Å². The van der Waals surface area contributed by atoms with E-state index in [0.717, 1.165) is 30.2 Å². The van der Waals surface area contributed by atoms with Crippen molar-refractivity contribution in [2.75, 3.05) is 20.3 Å². The molecule has 2 saturated heterocycles. The third-order valence-corrected chi connectivity index (χ3v) is 9.10. The largest absolute Gasteiger partial charge is 0.476 e. The number of fused-ring (bicyclic) bond motifs is 5. The van der Waals surface area contributed by atoms with E-state index in [4.69, 9.17) is 9.57 Å². The van der Waals surface area contributed by atoms with Gasteiger partial charge in [0.05, 0.1) is 24.2 Å². The highest BCUT2D eigenvalue weighted by atomic mass is 16.6. The maximum Gasteiger partial charge on any atom is 0.360 e. The summed E-state index contributed by atoms with van der Waals surface area (Å²) in [6.45, 7) is 1.35. The Hall–Kier alpha value is -2.78. The zero-order valence-electron chi connectivity index (χ0n) is 21.4. The van der Waals surface area contributed by atoms with Crippen LogP contribution in [0.5, 0.6) is 0 Å². The molecule has 0 amide bonds. The topological polar surface area (TPSA) is 106 Å². The quantitative estimate of drug-likeness (QED) is 0.486. The number of aliphatic carboxylic acids is 1. The molecule has 0 radical (unpaired) electrons. The number of oxime groups is 1. The summed E-state index contributed by atoms with van der Waals surface area (Å²) in [6.07, 6.45) is 11.0. The summed E-state index contributed by atoms with van der Waals surface area (Å²) in [5.74, 6) is 0.344. The van der Waals surface area contributed by atoms with Crippen LogP contribution in [0.1, 0.15) is 69.5 Å².